The molecule has 1 saturated heterocycles. The third-order valence-electron chi connectivity index (χ3n) is 4.68. The lowest BCUT2D eigenvalue weighted by Crippen LogP contribution is -2.52. The molecule has 0 atom stereocenters. The highest BCUT2D eigenvalue weighted by atomic mass is 19.1. The maximum atomic E-state index is 13.1. The van der Waals surface area contributed by atoms with Gasteiger partial charge in [-0.2, -0.15) is 0 Å². The molecule has 0 unspecified atom stereocenters. The summed E-state index contributed by atoms with van der Waals surface area (Å²) in [5.41, 5.74) is 2.89. The summed E-state index contributed by atoms with van der Waals surface area (Å²) in [7, 11) is 1.78. The third kappa shape index (κ3) is 5.22. The zero-order chi connectivity index (χ0) is 19.9. The Bertz CT molecular complexity index is 829. The van der Waals surface area contributed by atoms with Crippen LogP contribution in [0.2, 0.25) is 0 Å². The molecule has 6 nitrogen and oxygen atoms in total. The molecule has 1 amide bonds. The Morgan fingerprint density at radius 3 is 2.46 bits per heavy atom. The van der Waals surface area contributed by atoms with Crippen molar-refractivity contribution in [3.8, 4) is 0 Å². The number of piperazine rings is 1. The number of halogens is 1. The predicted octanol–water partition coefficient (Wildman–Crippen LogP) is 2.68. The number of hydrogen-bond donors (Lipinski definition) is 2. The molecule has 148 valence electrons. The minimum atomic E-state index is -0.213. The van der Waals surface area contributed by atoms with Crippen molar-refractivity contribution in [1.29, 1.82) is 0 Å². The fraction of sp³-hybridized carbons (Fsp3) is 0.333. The van der Waals surface area contributed by atoms with Gasteiger partial charge >= 0.3 is 0 Å². The number of carbonyl (C=O) groups excluding carboxylic acids is 1. The van der Waals surface area contributed by atoms with Crippen molar-refractivity contribution in [2.24, 2.45) is 4.99 Å². The monoisotopic (exact) mass is 383 g/mol. The number of hydrogen-bond acceptors (Lipinski definition) is 3. The Morgan fingerprint density at radius 1 is 1.11 bits per heavy atom. The van der Waals surface area contributed by atoms with E-state index in [1.165, 1.54) is 19.1 Å². The van der Waals surface area contributed by atoms with Crippen LogP contribution in [0.25, 0.3) is 0 Å². The first kappa shape index (κ1) is 19.7. The van der Waals surface area contributed by atoms with Crippen molar-refractivity contribution in [2.45, 2.75) is 13.5 Å². The molecule has 1 aliphatic rings. The molecule has 1 aliphatic heterocycles. The van der Waals surface area contributed by atoms with Gasteiger partial charge in [-0.05, 0) is 42.0 Å². The minimum absolute atomic E-state index is 0.0834. The maximum Gasteiger partial charge on any atom is 0.221 e. The molecule has 2 N–H and O–H groups in total. The molecule has 28 heavy (non-hydrogen) atoms. The highest BCUT2D eigenvalue weighted by Gasteiger charge is 2.19. The summed E-state index contributed by atoms with van der Waals surface area (Å²) < 4.78 is 13.1. The summed E-state index contributed by atoms with van der Waals surface area (Å²) in [5, 5.41) is 6.19. The van der Waals surface area contributed by atoms with E-state index in [-0.39, 0.29) is 11.7 Å². The van der Waals surface area contributed by atoms with Crippen molar-refractivity contribution < 1.29 is 9.18 Å². The normalized spacial score (nSPS) is 14.8. The van der Waals surface area contributed by atoms with Crippen LogP contribution < -0.4 is 15.5 Å². The van der Waals surface area contributed by atoms with Crippen LogP contribution in [0.3, 0.4) is 0 Å². The first-order valence-corrected chi connectivity index (χ1v) is 9.38. The van der Waals surface area contributed by atoms with Crippen LogP contribution >= 0.6 is 0 Å². The lowest BCUT2D eigenvalue weighted by atomic mass is 10.2. The van der Waals surface area contributed by atoms with Gasteiger partial charge in [0.15, 0.2) is 5.96 Å². The molecule has 2 aromatic rings. The number of nitrogens with zero attached hydrogens (tertiary/aromatic N) is 3. The smallest absolute Gasteiger partial charge is 0.221 e. The Hall–Kier alpha value is -3.09. The van der Waals surface area contributed by atoms with Gasteiger partial charge in [0.05, 0.1) is 0 Å². The SMILES string of the molecule is CN=C(NCc1cccc(NC(C)=O)c1)N1CCN(c2ccc(F)cc2)CC1. The van der Waals surface area contributed by atoms with E-state index in [9.17, 15) is 9.18 Å². The first-order chi connectivity index (χ1) is 13.5. The summed E-state index contributed by atoms with van der Waals surface area (Å²) in [6, 6.07) is 14.4. The second-order valence-corrected chi connectivity index (χ2v) is 6.73. The van der Waals surface area contributed by atoms with E-state index in [0.29, 0.717) is 6.54 Å². The largest absolute Gasteiger partial charge is 0.368 e. The number of anilines is 2. The van der Waals surface area contributed by atoms with E-state index in [0.717, 1.165) is 49.1 Å². The highest BCUT2D eigenvalue weighted by Crippen LogP contribution is 2.17. The predicted molar refractivity (Wildman–Crippen MR) is 111 cm³/mol. The Morgan fingerprint density at radius 2 is 1.82 bits per heavy atom. The van der Waals surface area contributed by atoms with Crippen LogP contribution in [0.4, 0.5) is 15.8 Å². The molecule has 0 radical (unpaired) electrons. The zero-order valence-electron chi connectivity index (χ0n) is 16.3. The summed E-state index contributed by atoms with van der Waals surface area (Å²) in [6.07, 6.45) is 0. The average molecular weight is 383 g/mol. The van der Waals surface area contributed by atoms with Crippen LogP contribution in [0.1, 0.15) is 12.5 Å². The fourth-order valence-corrected chi connectivity index (χ4v) is 3.30. The second kappa shape index (κ2) is 9.21. The Kier molecular flexibility index (Phi) is 6.47. The average Bonchev–Trinajstić information content (AvgIpc) is 2.69. The van der Waals surface area contributed by atoms with E-state index in [2.05, 4.69) is 25.4 Å². The van der Waals surface area contributed by atoms with E-state index in [4.69, 9.17) is 0 Å². The summed E-state index contributed by atoms with van der Waals surface area (Å²) in [6.45, 7) is 5.50. The third-order valence-corrected chi connectivity index (χ3v) is 4.68. The van der Waals surface area contributed by atoms with Crippen LogP contribution in [0, 0.1) is 5.82 Å². The van der Waals surface area contributed by atoms with E-state index < -0.39 is 0 Å². The molecule has 0 aliphatic carbocycles. The van der Waals surface area contributed by atoms with Crippen LogP contribution in [-0.4, -0.2) is 50.0 Å². The molecule has 7 heteroatoms. The first-order valence-electron chi connectivity index (χ1n) is 9.38. The molecule has 1 fully saturated rings. The lowest BCUT2D eigenvalue weighted by Gasteiger charge is -2.37. The van der Waals surface area contributed by atoms with Crippen LogP contribution in [-0.2, 0) is 11.3 Å². The Labute approximate surface area is 165 Å². The van der Waals surface area contributed by atoms with E-state index in [1.807, 2.05) is 36.4 Å². The molecule has 2 aromatic carbocycles. The Balaban J connectivity index is 1.54. The number of aliphatic imine (C=N–C) groups is 1. The lowest BCUT2D eigenvalue weighted by molar-refractivity contribution is -0.114. The van der Waals surface area contributed by atoms with Crippen molar-refractivity contribution in [3.05, 3.63) is 59.9 Å². The van der Waals surface area contributed by atoms with Crippen LogP contribution in [0.5, 0.6) is 0 Å². The van der Waals surface area contributed by atoms with Gasteiger partial charge in [-0.3, -0.25) is 9.79 Å². The van der Waals surface area contributed by atoms with Crippen LogP contribution in [0.15, 0.2) is 53.5 Å². The molecule has 0 bridgehead atoms. The van der Waals surface area contributed by atoms with Crippen molar-refractivity contribution in [2.75, 3.05) is 43.4 Å². The van der Waals surface area contributed by atoms with Crippen molar-refractivity contribution in [1.82, 2.24) is 10.2 Å². The van der Waals surface area contributed by atoms with Gasteiger partial charge in [-0.1, -0.05) is 12.1 Å². The summed E-state index contributed by atoms with van der Waals surface area (Å²) in [4.78, 5) is 20.1. The molecule has 0 aromatic heterocycles. The van der Waals surface area contributed by atoms with Crippen molar-refractivity contribution in [3.63, 3.8) is 0 Å². The molecule has 3 rings (SSSR count). The fourth-order valence-electron chi connectivity index (χ4n) is 3.30. The molecule has 0 saturated carbocycles. The number of nitrogens with one attached hydrogen (secondary N) is 2. The summed E-state index contributed by atoms with van der Waals surface area (Å²) in [5.74, 6) is 0.554. The van der Waals surface area contributed by atoms with Crippen molar-refractivity contribution >= 4 is 23.2 Å². The zero-order valence-corrected chi connectivity index (χ0v) is 16.3. The van der Waals surface area contributed by atoms with Gasteiger partial charge in [0.25, 0.3) is 0 Å². The standard InChI is InChI=1S/C21H26FN5O/c1-16(28)25-19-5-3-4-17(14-19)15-24-21(23-2)27-12-10-26(11-13-27)20-8-6-18(22)7-9-20/h3-9,14H,10-13,15H2,1-2H3,(H,23,24)(H,25,28). The quantitative estimate of drug-likeness (QED) is 0.630. The molecular formula is C21H26FN5O. The molecule has 0 spiro atoms. The number of guanidine groups is 1. The van der Waals surface area contributed by atoms with Gasteiger partial charge in [0, 0.05) is 58.1 Å². The minimum Gasteiger partial charge on any atom is -0.368 e. The van der Waals surface area contributed by atoms with Gasteiger partial charge in [0.1, 0.15) is 5.82 Å². The van der Waals surface area contributed by atoms with E-state index in [1.54, 1.807) is 7.05 Å². The number of benzene rings is 2. The van der Waals surface area contributed by atoms with Gasteiger partial charge < -0.3 is 20.4 Å². The van der Waals surface area contributed by atoms with E-state index >= 15 is 0 Å². The number of carbonyl (C=O) groups is 1. The molecular weight excluding hydrogens is 357 g/mol. The second-order valence-electron chi connectivity index (χ2n) is 6.73. The number of amides is 1. The number of rotatable bonds is 4. The van der Waals surface area contributed by atoms with Gasteiger partial charge in [-0.15, -0.1) is 0 Å². The highest BCUT2D eigenvalue weighted by molar-refractivity contribution is 5.88. The topological polar surface area (TPSA) is 60.0 Å². The summed E-state index contributed by atoms with van der Waals surface area (Å²) >= 11 is 0. The van der Waals surface area contributed by atoms with Gasteiger partial charge in [0.2, 0.25) is 5.91 Å². The van der Waals surface area contributed by atoms with Gasteiger partial charge in [-0.25, -0.2) is 4.39 Å². The molecule has 1 heterocycles. The maximum absolute atomic E-state index is 13.1.